The summed E-state index contributed by atoms with van der Waals surface area (Å²) in [5.74, 6) is 0.707. The van der Waals surface area contributed by atoms with Gasteiger partial charge < -0.3 is 53.8 Å². The van der Waals surface area contributed by atoms with Crippen LogP contribution in [0.5, 0.6) is 5.75 Å². The third-order valence-electron chi connectivity index (χ3n) is 7.55. The van der Waals surface area contributed by atoms with Crippen LogP contribution in [0.25, 0.3) is 32.3 Å². The summed E-state index contributed by atoms with van der Waals surface area (Å²) in [6.45, 7) is 49.5. The van der Waals surface area contributed by atoms with E-state index in [4.69, 9.17) is 59.7 Å². The number of hydrogen-bond acceptors (Lipinski definition) is 17. The summed E-state index contributed by atoms with van der Waals surface area (Å²) in [7, 11) is 3.76. The van der Waals surface area contributed by atoms with Crippen molar-refractivity contribution in [2.45, 2.75) is 217 Å². The zero-order valence-corrected chi connectivity index (χ0v) is 69.5. The van der Waals surface area contributed by atoms with Crippen molar-refractivity contribution in [2.24, 2.45) is 7.05 Å². The third-order valence-corrected chi connectivity index (χ3v) is 8.82. The minimum absolute atomic E-state index is 0. The molecule has 0 aliphatic rings. The number of thiol groups is 1. The molecule has 3 aromatic heterocycles. The Bertz CT molecular complexity index is 2750. The van der Waals surface area contributed by atoms with Crippen LogP contribution in [0.2, 0.25) is 0 Å². The number of aryl methyl sites for hydroxylation is 1. The van der Waals surface area contributed by atoms with Gasteiger partial charge in [0.15, 0.2) is 10.7 Å². The Balaban J connectivity index is -0.0000000709. The van der Waals surface area contributed by atoms with E-state index >= 15 is 0 Å². The molecule has 0 saturated heterocycles. The molecule has 96 heavy (non-hydrogen) atoms. The molecule has 0 fully saturated rings. The lowest BCUT2D eigenvalue weighted by Gasteiger charge is -2.01. The summed E-state index contributed by atoms with van der Waals surface area (Å²) in [5.41, 5.74) is 40.2. The van der Waals surface area contributed by atoms with E-state index in [1.165, 1.54) is 49.9 Å². The standard InChI is InChI=1S/C8H9N3.C7H6N2O.C7H6N2S.C7H10N2.C6H7NO.C6H7NS.6C3H8.6C2H6.3CBrN.CH4/c1-11-7-5-3-2-4-6(7)10-8(11)9;2*8-7-9-5-3-1-2-4-6(5)10-7;1-9-7-5-3-2-4-6(7)8;2*7-5-3-1-2-4-6(5)8;6*1-3-2;6*1-2;3*2-1-3;/h2-5H,1H3,(H2,9,10);2*1-4H,(H2,8,9);2-5,9H,8H2,1H3;2*1-4,8H,7H2;6*3H2,1-2H3;6*1-2H3;;;;1H4. The third kappa shape index (κ3) is 81.0. The van der Waals surface area contributed by atoms with Crippen LogP contribution in [0.3, 0.4) is 0 Å². The van der Waals surface area contributed by atoms with E-state index in [1.54, 1.807) is 39.2 Å². The maximum absolute atomic E-state index is 8.79. The topological polar surface area (TPSA) is 316 Å². The van der Waals surface area contributed by atoms with Crippen molar-refractivity contribution >= 4 is 144 Å². The van der Waals surface area contributed by atoms with Gasteiger partial charge in [-0.2, -0.15) is 20.8 Å². The van der Waals surface area contributed by atoms with E-state index in [2.05, 4.69) is 164 Å². The molecule has 0 atom stereocenters. The molecule has 0 aliphatic heterocycles. The monoisotopic (exact) mass is 1560 g/mol. The Labute approximate surface area is 621 Å². The number of nitrogen functional groups attached to an aromatic ring is 6. The predicted molar refractivity (Wildman–Crippen MR) is 453 cm³/mol. The number of benzene rings is 6. The summed E-state index contributed by atoms with van der Waals surface area (Å²) in [5, 5.41) is 34.1. The van der Waals surface area contributed by atoms with Crippen LogP contribution in [0, 0.1) is 30.7 Å². The van der Waals surface area contributed by atoms with E-state index in [9.17, 15) is 0 Å². The summed E-state index contributed by atoms with van der Waals surface area (Å²) in [6, 6.07) is 45.3. The Morgan fingerprint density at radius 1 is 0.469 bits per heavy atom. The van der Waals surface area contributed by atoms with Gasteiger partial charge >= 0.3 is 0 Å². The fourth-order valence-electron chi connectivity index (χ4n) is 4.64. The molecule has 9 aromatic rings. The van der Waals surface area contributed by atoms with Gasteiger partial charge in [-0.15, -0.1) is 12.6 Å². The van der Waals surface area contributed by atoms with Crippen molar-refractivity contribution < 1.29 is 9.52 Å². The van der Waals surface area contributed by atoms with Gasteiger partial charge in [-0.1, -0.05) is 296 Å². The first-order valence-electron chi connectivity index (χ1n) is 32.7. The Morgan fingerprint density at radius 3 is 1.10 bits per heavy atom. The number of anilines is 7. The van der Waals surface area contributed by atoms with Crippen molar-refractivity contribution in [1.29, 1.82) is 15.8 Å². The first kappa shape index (κ1) is 119. The number of phenolic OH excluding ortho intramolecular Hbond substituents is 1. The second kappa shape index (κ2) is 104. The van der Waals surface area contributed by atoms with Crippen molar-refractivity contribution in [3.63, 3.8) is 0 Å². The number of para-hydroxylation sites is 10. The number of imidazole rings is 1. The highest BCUT2D eigenvalue weighted by Crippen LogP contribution is 2.22. The zero-order valence-electron chi connectivity index (χ0n) is 63.0. The highest BCUT2D eigenvalue weighted by Gasteiger charge is 2.01. The molecule has 0 spiro atoms. The number of aromatic nitrogens is 4. The summed E-state index contributed by atoms with van der Waals surface area (Å²) in [6.07, 6.45) is 7.50. The zero-order chi connectivity index (χ0) is 76.8. The number of aromatic hydroxyl groups is 1. The number of oxazole rings is 1. The van der Waals surface area contributed by atoms with Gasteiger partial charge in [-0.05, 0) is 72.8 Å². The summed E-state index contributed by atoms with van der Waals surface area (Å²) >= 11 is 12.9. The number of nitriles is 3. The molecular weight excluding hydrogens is 1430 g/mol. The normalized spacial score (nSPS) is 7.49. The Morgan fingerprint density at radius 2 is 0.792 bits per heavy atom. The number of hydrogen-bond donors (Lipinski definition) is 9. The van der Waals surface area contributed by atoms with Gasteiger partial charge in [0.1, 0.15) is 26.2 Å². The van der Waals surface area contributed by atoms with E-state index < -0.39 is 0 Å². The van der Waals surface area contributed by atoms with Crippen LogP contribution < -0.4 is 39.7 Å². The molecule has 0 bridgehead atoms. The highest BCUT2D eigenvalue weighted by atomic mass is 79.9. The second-order valence-corrected chi connectivity index (χ2v) is 18.6. The minimum atomic E-state index is 0. The predicted octanol–water partition coefficient (Wildman–Crippen LogP) is 26.2. The number of thiazole rings is 1. The number of nitrogens with two attached hydrogens (primary N) is 6. The summed E-state index contributed by atoms with van der Waals surface area (Å²) < 4.78 is 8.06. The van der Waals surface area contributed by atoms with Crippen molar-refractivity contribution in [1.82, 2.24) is 19.5 Å². The molecule has 0 saturated carbocycles. The average molecular weight is 1570 g/mol. The molecule has 548 valence electrons. The highest BCUT2D eigenvalue weighted by molar-refractivity contribution is 9.12. The number of rotatable bonds is 1. The van der Waals surface area contributed by atoms with Crippen LogP contribution in [0.15, 0.2) is 155 Å². The van der Waals surface area contributed by atoms with Gasteiger partial charge in [-0.25, -0.2) is 9.97 Å². The molecule has 0 amide bonds. The maximum atomic E-state index is 8.79. The largest absolute Gasteiger partial charge is 0.506 e. The first-order chi connectivity index (χ1) is 45.7. The fraction of sp³-hybridized carbons (Fsp3) is 0.440. The van der Waals surface area contributed by atoms with Gasteiger partial charge in [0.25, 0.3) is 6.01 Å². The number of nitrogens with one attached hydrogen (secondary N) is 1. The van der Waals surface area contributed by atoms with E-state index in [-0.39, 0.29) is 19.2 Å². The van der Waals surface area contributed by atoms with Crippen LogP contribution >= 0.6 is 71.8 Å². The van der Waals surface area contributed by atoms with Crippen molar-refractivity contribution in [3.8, 4) is 20.7 Å². The van der Waals surface area contributed by atoms with Crippen LogP contribution in [0.1, 0.15) is 212 Å². The van der Waals surface area contributed by atoms with Gasteiger partial charge in [0.05, 0.1) is 38.3 Å². The molecule has 14 N–H and O–H groups in total. The SMILES string of the molecule is C.CC.CC.CC.CC.CC.CC.CCC.CCC.CCC.CCC.CCC.CCC.CNc1ccccc1N.Cn1c(N)nc2ccccc21.N#CBr.N#CBr.N#CBr.Nc1ccccc1O.Nc1ccccc1S.Nc1nc2ccccc2o1.Nc1nc2ccccc2s1. The van der Waals surface area contributed by atoms with Gasteiger partial charge in [0, 0.05) is 72.5 Å². The quantitative estimate of drug-likeness (QED) is 0.0419. The lowest BCUT2D eigenvalue weighted by Crippen LogP contribution is -1.95. The maximum Gasteiger partial charge on any atom is 0.292 e. The molecule has 3 heterocycles. The molecule has 0 aliphatic carbocycles. The van der Waals surface area contributed by atoms with E-state index in [1.807, 2.05) is 223 Å². The lowest BCUT2D eigenvalue weighted by molar-refractivity contribution is 0.478. The van der Waals surface area contributed by atoms with Crippen LogP contribution in [0.4, 0.5) is 39.8 Å². The van der Waals surface area contributed by atoms with Gasteiger partial charge in [0.2, 0.25) is 5.95 Å². The fourth-order valence-corrected chi connectivity index (χ4v) is 5.54. The van der Waals surface area contributed by atoms with E-state index in [0.29, 0.717) is 16.8 Å². The lowest BCUT2D eigenvalue weighted by atomic mass is 10.3. The Hall–Kier alpha value is -7.19. The molecule has 0 unspecified atom stereocenters. The number of halogens is 3. The van der Waals surface area contributed by atoms with Crippen LogP contribution in [-0.2, 0) is 7.05 Å². The smallest absolute Gasteiger partial charge is 0.292 e. The van der Waals surface area contributed by atoms with Crippen molar-refractivity contribution in [2.75, 3.05) is 46.8 Å². The molecule has 16 nitrogen and oxygen atoms in total. The molecule has 9 rings (SSSR count). The number of nitrogens with zero attached hydrogens (tertiary/aromatic N) is 7. The minimum Gasteiger partial charge on any atom is -0.506 e. The molecule has 21 heteroatoms. The van der Waals surface area contributed by atoms with E-state index in [0.717, 1.165) is 54.3 Å². The Kier molecular flexibility index (Phi) is 129. The van der Waals surface area contributed by atoms with Crippen molar-refractivity contribution in [3.05, 3.63) is 146 Å². The van der Waals surface area contributed by atoms with Gasteiger partial charge in [-0.3, -0.25) is 0 Å². The second-order valence-electron chi connectivity index (χ2n) is 16.0. The molecule has 0 radical (unpaired) electrons. The van der Waals surface area contributed by atoms with Crippen LogP contribution in [-0.4, -0.2) is 31.7 Å². The molecule has 6 aromatic carbocycles. The first-order valence-corrected chi connectivity index (χ1v) is 36.3. The average Bonchev–Trinajstić information content (AvgIpc) is 2.01. The summed E-state index contributed by atoms with van der Waals surface area (Å²) in [4.78, 5) is 17.7. The number of fused-ring (bicyclic) bond motifs is 3. The number of phenols is 1. The molecular formula is C75H133Br3N14O2S2.